The molecule has 0 fully saturated rings. The van der Waals surface area contributed by atoms with Gasteiger partial charge in [0.2, 0.25) is 5.60 Å². The van der Waals surface area contributed by atoms with Gasteiger partial charge in [0, 0.05) is 44.5 Å². The molecule has 0 aliphatic rings. The summed E-state index contributed by atoms with van der Waals surface area (Å²) < 4.78 is 41.4. The van der Waals surface area contributed by atoms with Crippen molar-refractivity contribution < 1.29 is 23.2 Å². The highest BCUT2D eigenvalue weighted by Crippen LogP contribution is 2.41. The maximum atomic E-state index is 13.4. The van der Waals surface area contributed by atoms with Gasteiger partial charge in [-0.2, -0.15) is 13.2 Å². The Morgan fingerprint density at radius 1 is 1.42 bits per heavy atom. The number of anilines is 1. The van der Waals surface area contributed by atoms with Gasteiger partial charge < -0.3 is 15.0 Å². The number of nitrogens with one attached hydrogen (secondary N) is 1. The van der Waals surface area contributed by atoms with Gasteiger partial charge in [-0.05, 0) is 12.5 Å². The minimum Gasteiger partial charge on any atom is -0.383 e. The largest absolute Gasteiger partial charge is 0.424 e. The fourth-order valence-electron chi connectivity index (χ4n) is 2.57. The summed E-state index contributed by atoms with van der Waals surface area (Å²) in [5, 5.41) is 23.8. The third-order valence-electron chi connectivity index (χ3n) is 3.93. The second-order valence-corrected chi connectivity index (χ2v) is 6.18. The number of rotatable bonds is 6. The summed E-state index contributed by atoms with van der Waals surface area (Å²) in [6.45, 7) is 1.25. The first kappa shape index (κ1) is 20.0. The summed E-state index contributed by atoms with van der Waals surface area (Å²) in [7, 11) is 1.35. The average molecular weight is 393 g/mol. The van der Waals surface area contributed by atoms with Crippen LogP contribution in [0.4, 0.5) is 24.5 Å². The number of imidazole rings is 1. The molecular formula is C15H16ClF3N4O3. The van der Waals surface area contributed by atoms with Crippen molar-refractivity contribution in [1.82, 2.24) is 9.55 Å². The summed E-state index contributed by atoms with van der Waals surface area (Å²) >= 11 is 5.98. The number of benzene rings is 1. The molecule has 1 heterocycles. The fraction of sp³-hybridized carbons (Fsp3) is 0.400. The van der Waals surface area contributed by atoms with Gasteiger partial charge >= 0.3 is 6.18 Å². The summed E-state index contributed by atoms with van der Waals surface area (Å²) in [6, 6.07) is 2.36. The first-order chi connectivity index (χ1) is 12.0. The minimum absolute atomic E-state index is 0.00393. The molecule has 7 nitrogen and oxygen atoms in total. The Morgan fingerprint density at radius 2 is 2.08 bits per heavy atom. The lowest BCUT2D eigenvalue weighted by Crippen LogP contribution is -2.45. The molecule has 2 aromatic rings. The van der Waals surface area contributed by atoms with Crippen LogP contribution in [0, 0.1) is 17.0 Å². The van der Waals surface area contributed by atoms with Gasteiger partial charge in [0.05, 0.1) is 15.6 Å². The molecule has 142 valence electrons. The van der Waals surface area contributed by atoms with E-state index in [0.717, 1.165) is 16.8 Å². The van der Waals surface area contributed by atoms with Crippen molar-refractivity contribution in [3.05, 3.63) is 51.1 Å². The number of nitro benzene ring substituents is 1. The monoisotopic (exact) mass is 392 g/mol. The summed E-state index contributed by atoms with van der Waals surface area (Å²) in [6.07, 6.45) is -3.20. The second kappa shape index (κ2) is 7.12. The molecule has 0 saturated carbocycles. The van der Waals surface area contributed by atoms with E-state index in [2.05, 4.69) is 10.3 Å². The topological polar surface area (TPSA) is 93.2 Å². The molecular weight excluding hydrogens is 377 g/mol. The highest BCUT2D eigenvalue weighted by atomic mass is 35.5. The molecule has 2 N–H and O–H groups in total. The van der Waals surface area contributed by atoms with Crippen LogP contribution < -0.4 is 5.32 Å². The smallest absolute Gasteiger partial charge is 0.383 e. The zero-order valence-corrected chi connectivity index (χ0v) is 14.6. The Labute approximate surface area is 151 Å². The Kier molecular flexibility index (Phi) is 5.47. The summed E-state index contributed by atoms with van der Waals surface area (Å²) in [4.78, 5) is 13.8. The average Bonchev–Trinajstić information content (AvgIpc) is 2.94. The minimum atomic E-state index is -4.94. The van der Waals surface area contributed by atoms with E-state index in [1.54, 1.807) is 0 Å². The Hall–Kier alpha value is -2.33. The molecule has 0 amide bonds. The van der Waals surface area contributed by atoms with Crippen molar-refractivity contribution in [2.45, 2.75) is 25.1 Å². The van der Waals surface area contributed by atoms with Crippen molar-refractivity contribution in [2.75, 3.05) is 11.9 Å². The first-order valence-corrected chi connectivity index (χ1v) is 7.80. The molecule has 0 saturated heterocycles. The standard InChI is InChI=1S/C15H16ClF3N4O3/c1-9-7-10(23(25)26)8-11(16)12(9)20-4-3-14(24,15(17,18)19)13-21-5-6-22(13)2/h5-8,20,24H,3-4H2,1-2H3. The van der Waals surface area contributed by atoms with Crippen LogP contribution in [0.2, 0.25) is 5.02 Å². The zero-order chi connectivity index (χ0) is 19.7. The number of nitrogens with zero attached hydrogens (tertiary/aromatic N) is 3. The van der Waals surface area contributed by atoms with Gasteiger partial charge in [0.25, 0.3) is 5.69 Å². The molecule has 1 atom stereocenters. The summed E-state index contributed by atoms with van der Waals surface area (Å²) in [5.74, 6) is -0.529. The lowest BCUT2D eigenvalue weighted by Gasteiger charge is -2.30. The fourth-order valence-corrected chi connectivity index (χ4v) is 2.90. The Balaban J connectivity index is 2.22. The highest BCUT2D eigenvalue weighted by molar-refractivity contribution is 6.33. The van der Waals surface area contributed by atoms with Crippen molar-refractivity contribution in [2.24, 2.45) is 7.05 Å². The van der Waals surface area contributed by atoms with Crippen LogP contribution in [0.25, 0.3) is 0 Å². The van der Waals surface area contributed by atoms with E-state index in [1.165, 1.54) is 26.2 Å². The van der Waals surface area contributed by atoms with Gasteiger partial charge in [0.1, 0.15) is 5.82 Å². The molecule has 0 bridgehead atoms. The molecule has 0 aliphatic heterocycles. The van der Waals surface area contributed by atoms with Crippen molar-refractivity contribution in [3.8, 4) is 0 Å². The number of aromatic nitrogens is 2. The molecule has 1 aromatic carbocycles. The highest BCUT2D eigenvalue weighted by Gasteiger charge is 2.57. The number of nitro groups is 1. The Bertz CT molecular complexity index is 802. The second-order valence-electron chi connectivity index (χ2n) is 5.77. The van der Waals surface area contributed by atoms with Crippen molar-refractivity contribution in [3.63, 3.8) is 0 Å². The number of aliphatic hydroxyl groups is 1. The van der Waals surface area contributed by atoms with Crippen LogP contribution in [-0.4, -0.2) is 32.3 Å². The van der Waals surface area contributed by atoms with Crippen LogP contribution in [0.3, 0.4) is 0 Å². The van der Waals surface area contributed by atoms with E-state index in [-0.39, 0.29) is 22.9 Å². The Morgan fingerprint density at radius 3 is 2.54 bits per heavy atom. The van der Waals surface area contributed by atoms with Gasteiger partial charge in [-0.15, -0.1) is 0 Å². The third-order valence-corrected chi connectivity index (χ3v) is 4.23. The van der Waals surface area contributed by atoms with E-state index in [4.69, 9.17) is 11.6 Å². The summed E-state index contributed by atoms with van der Waals surface area (Å²) in [5.41, 5.74) is -2.71. The lowest BCUT2D eigenvalue weighted by atomic mass is 9.97. The number of non-ortho nitro benzene ring substituents is 1. The van der Waals surface area contributed by atoms with Crippen molar-refractivity contribution in [1.29, 1.82) is 0 Å². The van der Waals surface area contributed by atoms with Gasteiger partial charge in [-0.1, -0.05) is 11.6 Å². The van der Waals surface area contributed by atoms with Crippen LogP contribution >= 0.6 is 11.6 Å². The van der Waals surface area contributed by atoms with E-state index < -0.39 is 28.9 Å². The zero-order valence-electron chi connectivity index (χ0n) is 13.8. The van der Waals surface area contributed by atoms with E-state index >= 15 is 0 Å². The van der Waals surface area contributed by atoms with Gasteiger partial charge in [0.15, 0.2) is 0 Å². The predicted octanol–water partition coefficient (Wildman–Crippen LogP) is 3.54. The van der Waals surface area contributed by atoms with Crippen LogP contribution in [0.1, 0.15) is 17.8 Å². The predicted molar refractivity (Wildman–Crippen MR) is 89.1 cm³/mol. The maximum Gasteiger partial charge on any atom is 0.424 e. The third kappa shape index (κ3) is 3.75. The number of hydrogen-bond acceptors (Lipinski definition) is 5. The normalized spacial score (nSPS) is 14.1. The number of halogens is 4. The van der Waals surface area contributed by atoms with Gasteiger partial charge in [-0.25, -0.2) is 4.98 Å². The van der Waals surface area contributed by atoms with Gasteiger partial charge in [-0.3, -0.25) is 10.1 Å². The molecule has 0 aliphatic carbocycles. The van der Waals surface area contributed by atoms with E-state index in [1.807, 2.05) is 0 Å². The number of aryl methyl sites for hydroxylation is 2. The van der Waals surface area contributed by atoms with E-state index in [9.17, 15) is 28.4 Å². The molecule has 0 radical (unpaired) electrons. The lowest BCUT2D eigenvalue weighted by molar-refractivity contribution is -0.384. The molecule has 26 heavy (non-hydrogen) atoms. The molecule has 1 unspecified atom stereocenters. The van der Waals surface area contributed by atoms with Crippen LogP contribution in [-0.2, 0) is 12.6 Å². The quantitative estimate of drug-likeness (QED) is 0.579. The molecule has 2 rings (SSSR count). The van der Waals surface area contributed by atoms with Crippen LogP contribution in [0.15, 0.2) is 24.5 Å². The maximum absolute atomic E-state index is 13.4. The number of hydrogen-bond donors (Lipinski definition) is 2. The number of alkyl halides is 3. The SMILES string of the molecule is Cc1cc([N+](=O)[O-])cc(Cl)c1NCCC(O)(c1nccn1C)C(F)(F)F. The molecule has 1 aromatic heterocycles. The van der Waals surface area contributed by atoms with Crippen LogP contribution in [0.5, 0.6) is 0 Å². The molecule has 0 spiro atoms. The van der Waals surface area contributed by atoms with Crippen molar-refractivity contribution >= 4 is 23.0 Å². The molecule has 11 heteroatoms. The first-order valence-electron chi connectivity index (χ1n) is 7.42. The van der Waals surface area contributed by atoms with E-state index in [0.29, 0.717) is 5.56 Å².